The average Bonchev–Trinajstić information content (AvgIpc) is 2.54. The van der Waals surface area contributed by atoms with Crippen LogP contribution in [0.15, 0.2) is 22.3 Å². The number of rotatable bonds is 2. The summed E-state index contributed by atoms with van der Waals surface area (Å²) in [5, 5.41) is 8.75. The molecule has 0 aliphatic rings. The lowest BCUT2D eigenvalue weighted by atomic mass is 10.1. The van der Waals surface area contributed by atoms with Gasteiger partial charge in [0.2, 0.25) is 0 Å². The summed E-state index contributed by atoms with van der Waals surface area (Å²) < 4.78 is 5.10. The normalized spacial score (nSPS) is 12.1. The predicted octanol–water partition coefficient (Wildman–Crippen LogP) is 2.19. The van der Waals surface area contributed by atoms with Gasteiger partial charge in [-0.3, -0.25) is 0 Å². The molecule has 0 amide bonds. The molecule has 0 fully saturated rings. The summed E-state index contributed by atoms with van der Waals surface area (Å²) in [6.07, 6.45) is 2.21. The molecule has 1 heterocycles. The standard InChI is InChI=1S/C10H12N2O/c1-3-8(5-11)10(12)9-4-7(2)13-6-9/h4,6H,3,12H2,1-2H3. The van der Waals surface area contributed by atoms with Crippen LogP contribution in [-0.4, -0.2) is 0 Å². The molecule has 0 aliphatic heterocycles. The van der Waals surface area contributed by atoms with Gasteiger partial charge in [0, 0.05) is 5.56 Å². The third-order valence-electron chi connectivity index (χ3n) is 1.86. The number of hydrogen-bond donors (Lipinski definition) is 1. The molecular weight excluding hydrogens is 164 g/mol. The first-order valence-corrected chi connectivity index (χ1v) is 4.13. The van der Waals surface area contributed by atoms with Crippen molar-refractivity contribution in [3.63, 3.8) is 0 Å². The smallest absolute Gasteiger partial charge is 0.101 e. The van der Waals surface area contributed by atoms with Crippen LogP contribution in [0.25, 0.3) is 5.70 Å². The van der Waals surface area contributed by atoms with Crippen molar-refractivity contribution in [1.82, 2.24) is 0 Å². The molecule has 0 atom stereocenters. The Morgan fingerprint density at radius 3 is 2.77 bits per heavy atom. The van der Waals surface area contributed by atoms with E-state index < -0.39 is 0 Å². The van der Waals surface area contributed by atoms with E-state index in [1.165, 1.54) is 0 Å². The Labute approximate surface area is 77.5 Å². The second-order valence-corrected chi connectivity index (χ2v) is 2.80. The fourth-order valence-corrected chi connectivity index (χ4v) is 1.09. The Kier molecular flexibility index (Phi) is 2.76. The summed E-state index contributed by atoms with van der Waals surface area (Å²) in [4.78, 5) is 0. The first-order chi connectivity index (χ1) is 6.19. The lowest BCUT2D eigenvalue weighted by Crippen LogP contribution is -1.98. The monoisotopic (exact) mass is 176 g/mol. The highest BCUT2D eigenvalue weighted by atomic mass is 16.3. The van der Waals surface area contributed by atoms with Crippen LogP contribution in [0, 0.1) is 18.3 Å². The molecule has 0 bridgehead atoms. The van der Waals surface area contributed by atoms with E-state index in [-0.39, 0.29) is 0 Å². The minimum Gasteiger partial charge on any atom is -0.469 e. The molecule has 13 heavy (non-hydrogen) atoms. The quantitative estimate of drug-likeness (QED) is 0.702. The maximum atomic E-state index is 8.75. The zero-order chi connectivity index (χ0) is 9.84. The highest BCUT2D eigenvalue weighted by molar-refractivity contribution is 5.68. The third-order valence-corrected chi connectivity index (χ3v) is 1.86. The summed E-state index contributed by atoms with van der Waals surface area (Å²) in [6.45, 7) is 3.74. The Morgan fingerprint density at radius 1 is 1.69 bits per heavy atom. The fraction of sp³-hybridized carbons (Fsp3) is 0.300. The van der Waals surface area contributed by atoms with Crippen molar-refractivity contribution >= 4 is 5.70 Å². The van der Waals surface area contributed by atoms with Crippen molar-refractivity contribution in [3.8, 4) is 6.07 Å². The minimum atomic E-state index is 0.516. The van der Waals surface area contributed by atoms with Gasteiger partial charge in [0.05, 0.1) is 23.6 Å². The van der Waals surface area contributed by atoms with Gasteiger partial charge in [0.15, 0.2) is 0 Å². The number of aryl methyl sites for hydroxylation is 1. The van der Waals surface area contributed by atoms with Crippen LogP contribution in [0.2, 0.25) is 0 Å². The van der Waals surface area contributed by atoms with Crippen LogP contribution in [0.3, 0.4) is 0 Å². The topological polar surface area (TPSA) is 63.0 Å². The summed E-state index contributed by atoms with van der Waals surface area (Å²) in [5.74, 6) is 0.798. The average molecular weight is 176 g/mol. The Hall–Kier alpha value is -1.69. The fourth-order valence-electron chi connectivity index (χ4n) is 1.09. The van der Waals surface area contributed by atoms with Crippen LogP contribution < -0.4 is 5.73 Å². The summed E-state index contributed by atoms with van der Waals surface area (Å²) in [7, 11) is 0. The summed E-state index contributed by atoms with van der Waals surface area (Å²) >= 11 is 0. The highest BCUT2D eigenvalue weighted by Crippen LogP contribution is 2.17. The van der Waals surface area contributed by atoms with Gasteiger partial charge in [-0.1, -0.05) is 6.92 Å². The van der Waals surface area contributed by atoms with Gasteiger partial charge < -0.3 is 10.2 Å². The lowest BCUT2D eigenvalue weighted by molar-refractivity contribution is 0.533. The molecule has 68 valence electrons. The van der Waals surface area contributed by atoms with Gasteiger partial charge in [0.1, 0.15) is 5.76 Å². The summed E-state index contributed by atoms with van der Waals surface area (Å²) in [6, 6.07) is 3.89. The Bertz CT molecular complexity index is 369. The third kappa shape index (κ3) is 1.91. The number of nitriles is 1. The molecule has 2 N–H and O–H groups in total. The number of hydrogen-bond acceptors (Lipinski definition) is 3. The van der Waals surface area contributed by atoms with E-state index in [0.717, 1.165) is 11.3 Å². The van der Waals surface area contributed by atoms with E-state index in [9.17, 15) is 0 Å². The molecule has 1 rings (SSSR count). The van der Waals surface area contributed by atoms with Crippen LogP contribution >= 0.6 is 0 Å². The second-order valence-electron chi connectivity index (χ2n) is 2.80. The van der Waals surface area contributed by atoms with Crippen molar-refractivity contribution in [2.75, 3.05) is 0 Å². The molecule has 3 nitrogen and oxygen atoms in total. The van der Waals surface area contributed by atoms with Gasteiger partial charge in [-0.2, -0.15) is 5.26 Å². The maximum Gasteiger partial charge on any atom is 0.101 e. The molecule has 0 aliphatic carbocycles. The van der Waals surface area contributed by atoms with E-state index in [4.69, 9.17) is 15.4 Å². The van der Waals surface area contributed by atoms with E-state index in [2.05, 4.69) is 6.07 Å². The van der Waals surface area contributed by atoms with Crippen LogP contribution in [0.5, 0.6) is 0 Å². The molecule has 1 aromatic rings. The van der Waals surface area contributed by atoms with Crippen molar-refractivity contribution in [2.24, 2.45) is 5.73 Å². The first-order valence-electron chi connectivity index (χ1n) is 4.13. The zero-order valence-corrected chi connectivity index (χ0v) is 7.79. The van der Waals surface area contributed by atoms with Crippen molar-refractivity contribution in [3.05, 3.63) is 29.2 Å². The first kappa shape index (κ1) is 9.40. The molecule has 3 heteroatoms. The van der Waals surface area contributed by atoms with Crippen molar-refractivity contribution in [1.29, 1.82) is 5.26 Å². The van der Waals surface area contributed by atoms with Gasteiger partial charge in [0.25, 0.3) is 0 Å². The van der Waals surface area contributed by atoms with Gasteiger partial charge in [-0.15, -0.1) is 0 Å². The molecule has 0 unspecified atom stereocenters. The number of nitrogens with two attached hydrogens (primary N) is 1. The number of allylic oxidation sites excluding steroid dienone is 1. The SMILES string of the molecule is CCC(C#N)=C(N)c1coc(C)c1. The van der Waals surface area contributed by atoms with E-state index in [0.29, 0.717) is 17.7 Å². The van der Waals surface area contributed by atoms with Gasteiger partial charge in [-0.05, 0) is 19.4 Å². The van der Waals surface area contributed by atoms with Crippen molar-refractivity contribution in [2.45, 2.75) is 20.3 Å². The van der Waals surface area contributed by atoms with Crippen LogP contribution in [0.4, 0.5) is 0 Å². The lowest BCUT2D eigenvalue weighted by Gasteiger charge is -1.98. The molecule has 0 saturated heterocycles. The van der Waals surface area contributed by atoms with E-state index >= 15 is 0 Å². The summed E-state index contributed by atoms with van der Waals surface area (Å²) in [5.41, 5.74) is 7.67. The van der Waals surface area contributed by atoms with Crippen LogP contribution in [0.1, 0.15) is 24.7 Å². The molecule has 0 saturated carbocycles. The van der Waals surface area contributed by atoms with E-state index in [1.807, 2.05) is 19.9 Å². The van der Waals surface area contributed by atoms with Gasteiger partial charge >= 0.3 is 0 Å². The minimum absolute atomic E-state index is 0.516. The van der Waals surface area contributed by atoms with Crippen LogP contribution in [-0.2, 0) is 0 Å². The zero-order valence-electron chi connectivity index (χ0n) is 7.79. The predicted molar refractivity (Wildman–Crippen MR) is 50.5 cm³/mol. The molecule has 1 aromatic heterocycles. The highest BCUT2D eigenvalue weighted by Gasteiger charge is 2.05. The molecule has 0 aromatic carbocycles. The second kappa shape index (κ2) is 3.81. The number of furan rings is 1. The molecule has 0 spiro atoms. The van der Waals surface area contributed by atoms with Crippen molar-refractivity contribution < 1.29 is 4.42 Å². The largest absolute Gasteiger partial charge is 0.469 e. The van der Waals surface area contributed by atoms with Gasteiger partial charge in [-0.25, -0.2) is 0 Å². The number of nitrogens with zero attached hydrogens (tertiary/aromatic N) is 1. The Balaban J connectivity index is 3.09. The Morgan fingerprint density at radius 2 is 2.38 bits per heavy atom. The molecular formula is C10H12N2O. The maximum absolute atomic E-state index is 8.75. The molecule has 0 radical (unpaired) electrons. The van der Waals surface area contributed by atoms with E-state index in [1.54, 1.807) is 6.26 Å².